The van der Waals surface area contributed by atoms with Crippen LogP contribution in [0.15, 0.2) is 75.9 Å². The van der Waals surface area contributed by atoms with Crippen molar-refractivity contribution in [3.05, 3.63) is 76.9 Å². The highest BCUT2D eigenvalue weighted by molar-refractivity contribution is 7.90. The zero-order valence-corrected chi connectivity index (χ0v) is 23.0. The highest BCUT2D eigenvalue weighted by Gasteiger charge is 2.34. The number of nitrogens with zero attached hydrogens (tertiary/aromatic N) is 6. The molecule has 0 amide bonds. The molecule has 0 radical (unpaired) electrons. The summed E-state index contributed by atoms with van der Waals surface area (Å²) < 4.78 is 53.5. The third-order valence-corrected chi connectivity index (χ3v) is 7.97. The number of aliphatic imine (C=N–C) groups is 1. The topological polar surface area (TPSA) is 165 Å². The Hall–Kier alpha value is -3.33. The van der Waals surface area contributed by atoms with Gasteiger partial charge in [-0.2, -0.15) is 13.5 Å². The molecule has 12 nitrogen and oxygen atoms in total. The molecule has 202 valence electrons. The maximum atomic E-state index is 13.4. The average Bonchev–Trinajstić information content (AvgIpc) is 3.52. The summed E-state index contributed by atoms with van der Waals surface area (Å²) in [4.78, 5) is 4.25. The van der Waals surface area contributed by atoms with Crippen molar-refractivity contribution in [3.63, 3.8) is 0 Å². The van der Waals surface area contributed by atoms with Crippen molar-refractivity contribution >= 4 is 43.3 Å². The maximum Gasteiger partial charge on any atom is 0.283 e. The second-order valence-corrected chi connectivity index (χ2v) is 12.6. The van der Waals surface area contributed by atoms with Crippen LogP contribution in [0.3, 0.4) is 0 Å². The lowest BCUT2D eigenvalue weighted by atomic mass is 9.91. The summed E-state index contributed by atoms with van der Waals surface area (Å²) in [6.07, 6.45) is 1.13. The predicted octanol–water partition coefficient (Wildman–Crippen LogP) is 1.94. The fraction of sp³-hybridized carbons (Fsp3) is 0.304. The number of primary sulfonamides is 1. The Bertz CT molecular complexity index is 1550. The molecule has 0 fully saturated rings. The maximum absolute atomic E-state index is 13.4. The summed E-state index contributed by atoms with van der Waals surface area (Å²) in [7, 11) is -8.05. The Kier molecular flexibility index (Phi) is 8.16. The van der Waals surface area contributed by atoms with Gasteiger partial charge in [-0.15, -0.1) is 5.10 Å². The van der Waals surface area contributed by atoms with E-state index in [9.17, 15) is 16.8 Å². The highest BCUT2D eigenvalue weighted by Crippen LogP contribution is 2.29. The van der Waals surface area contributed by atoms with Crippen LogP contribution in [0.25, 0.3) is 0 Å². The number of rotatable bonds is 8. The van der Waals surface area contributed by atoms with Crippen molar-refractivity contribution in [2.75, 3.05) is 18.8 Å². The van der Waals surface area contributed by atoms with Gasteiger partial charge < -0.3 is 0 Å². The molecular weight excluding hydrogens is 552 g/mol. The standard InChI is InChI=1S/C23H27ClN8O4S2/c1-16(2)32-21(14-27-30-32)38(35,36)29-23(26-12-13-37(25,33)34)31-15-20(17-6-4-3-5-7-17)22(28-31)18-8-10-19(24)11-9-18/h3-11,14,16,20H,12-13,15H2,1-2H3,(H,26,29)(H2,25,33,34)/t20-/m1/s1. The van der Waals surface area contributed by atoms with Crippen molar-refractivity contribution in [1.82, 2.24) is 24.7 Å². The minimum Gasteiger partial charge on any atom is -0.250 e. The van der Waals surface area contributed by atoms with Crippen LogP contribution in [0.5, 0.6) is 0 Å². The third-order valence-electron chi connectivity index (χ3n) is 5.67. The van der Waals surface area contributed by atoms with Crippen LogP contribution >= 0.6 is 11.6 Å². The molecule has 0 saturated heterocycles. The van der Waals surface area contributed by atoms with Gasteiger partial charge in [0.25, 0.3) is 10.0 Å². The molecule has 2 aromatic carbocycles. The number of nitrogens with one attached hydrogen (secondary N) is 1. The number of benzene rings is 2. The van der Waals surface area contributed by atoms with Crippen molar-refractivity contribution in [1.29, 1.82) is 0 Å². The quantitative estimate of drug-likeness (QED) is 0.304. The fourth-order valence-corrected chi connectivity index (χ4v) is 5.53. The minimum atomic E-state index is -4.22. The second kappa shape index (κ2) is 11.2. The van der Waals surface area contributed by atoms with Crippen LogP contribution in [0.2, 0.25) is 5.02 Å². The van der Waals surface area contributed by atoms with E-state index in [-0.39, 0.29) is 36.0 Å². The molecule has 1 aliphatic rings. The summed E-state index contributed by atoms with van der Waals surface area (Å²) in [5.41, 5.74) is 2.41. The zero-order valence-electron chi connectivity index (χ0n) is 20.6. The molecule has 38 heavy (non-hydrogen) atoms. The van der Waals surface area contributed by atoms with E-state index in [4.69, 9.17) is 21.8 Å². The molecule has 0 spiro atoms. The van der Waals surface area contributed by atoms with Gasteiger partial charge in [-0.1, -0.05) is 59.3 Å². The lowest BCUT2D eigenvalue weighted by molar-refractivity contribution is 0.454. The van der Waals surface area contributed by atoms with Crippen molar-refractivity contribution < 1.29 is 16.8 Å². The number of hydrogen-bond acceptors (Lipinski definition) is 8. The first-order valence-electron chi connectivity index (χ1n) is 11.6. The van der Waals surface area contributed by atoms with Gasteiger partial charge in [0.2, 0.25) is 16.0 Å². The van der Waals surface area contributed by atoms with Gasteiger partial charge in [-0.05, 0) is 37.1 Å². The van der Waals surface area contributed by atoms with Crippen LogP contribution in [0, 0.1) is 0 Å². The number of halogens is 1. The number of sulfonamides is 2. The molecular formula is C23H27ClN8O4S2. The smallest absolute Gasteiger partial charge is 0.250 e. The Labute approximate surface area is 226 Å². The van der Waals surface area contributed by atoms with E-state index in [0.717, 1.165) is 17.3 Å². The summed E-state index contributed by atoms with van der Waals surface area (Å²) in [6, 6.07) is 16.5. The van der Waals surface area contributed by atoms with E-state index < -0.39 is 25.8 Å². The number of hydrazone groups is 1. The van der Waals surface area contributed by atoms with Crippen LogP contribution in [0.4, 0.5) is 0 Å². The van der Waals surface area contributed by atoms with E-state index >= 15 is 0 Å². The average molecular weight is 579 g/mol. The molecule has 0 bridgehead atoms. The Balaban J connectivity index is 1.75. The van der Waals surface area contributed by atoms with E-state index in [1.807, 2.05) is 42.5 Å². The van der Waals surface area contributed by atoms with Gasteiger partial charge in [0.05, 0.1) is 30.8 Å². The number of nitrogens with two attached hydrogens (primary N) is 1. The molecule has 15 heteroatoms. The molecule has 3 N–H and O–H groups in total. The summed E-state index contributed by atoms with van der Waals surface area (Å²) in [5.74, 6) is -0.879. The number of aromatic nitrogens is 3. The first-order chi connectivity index (χ1) is 17.9. The van der Waals surface area contributed by atoms with Crippen molar-refractivity contribution in [2.24, 2.45) is 15.2 Å². The molecule has 4 rings (SSSR count). The molecule has 1 aromatic heterocycles. The summed E-state index contributed by atoms with van der Waals surface area (Å²) in [5, 5.41) is 19.2. The Morgan fingerprint density at radius 2 is 1.82 bits per heavy atom. The Morgan fingerprint density at radius 3 is 2.45 bits per heavy atom. The van der Waals surface area contributed by atoms with E-state index in [2.05, 4.69) is 20.0 Å². The van der Waals surface area contributed by atoms with Crippen LogP contribution in [-0.4, -0.2) is 67.4 Å². The van der Waals surface area contributed by atoms with Crippen LogP contribution < -0.4 is 9.86 Å². The lowest BCUT2D eigenvalue weighted by Crippen LogP contribution is -2.42. The largest absolute Gasteiger partial charge is 0.283 e. The summed E-state index contributed by atoms with van der Waals surface area (Å²) in [6.45, 7) is 3.49. The third kappa shape index (κ3) is 6.56. The number of guanidine groups is 1. The van der Waals surface area contributed by atoms with Gasteiger partial charge in [0.1, 0.15) is 0 Å². The van der Waals surface area contributed by atoms with E-state index in [1.54, 1.807) is 26.0 Å². The van der Waals surface area contributed by atoms with Gasteiger partial charge in [0, 0.05) is 17.0 Å². The van der Waals surface area contributed by atoms with Crippen LogP contribution in [-0.2, 0) is 20.0 Å². The monoisotopic (exact) mass is 578 g/mol. The molecule has 0 unspecified atom stereocenters. The van der Waals surface area contributed by atoms with Crippen molar-refractivity contribution in [2.45, 2.75) is 30.8 Å². The summed E-state index contributed by atoms with van der Waals surface area (Å²) >= 11 is 6.08. The fourth-order valence-electron chi connectivity index (χ4n) is 3.86. The van der Waals surface area contributed by atoms with Gasteiger partial charge in [-0.3, -0.25) is 0 Å². The molecule has 0 saturated carbocycles. The first-order valence-corrected chi connectivity index (χ1v) is 15.2. The number of hydrogen-bond donors (Lipinski definition) is 2. The van der Waals surface area contributed by atoms with Gasteiger partial charge >= 0.3 is 0 Å². The lowest BCUT2D eigenvalue weighted by Gasteiger charge is -2.20. The molecule has 1 atom stereocenters. The molecule has 0 aliphatic carbocycles. The van der Waals surface area contributed by atoms with E-state index in [0.29, 0.717) is 10.7 Å². The first kappa shape index (κ1) is 27.7. The van der Waals surface area contributed by atoms with Crippen molar-refractivity contribution in [3.8, 4) is 0 Å². The second-order valence-electron chi connectivity index (χ2n) is 8.83. The Morgan fingerprint density at radius 1 is 1.13 bits per heavy atom. The van der Waals surface area contributed by atoms with Crippen LogP contribution in [0.1, 0.15) is 36.9 Å². The van der Waals surface area contributed by atoms with Gasteiger partial charge in [-0.25, -0.2) is 33.0 Å². The van der Waals surface area contributed by atoms with E-state index in [1.165, 1.54) is 9.69 Å². The molecule has 3 aromatic rings. The molecule has 1 aliphatic heterocycles. The van der Waals surface area contributed by atoms with Gasteiger partial charge in [0.15, 0.2) is 5.03 Å². The normalized spacial score (nSPS) is 16.7. The minimum absolute atomic E-state index is 0.157. The molecule has 2 heterocycles. The zero-order chi connectivity index (χ0) is 27.5. The predicted molar refractivity (Wildman–Crippen MR) is 145 cm³/mol. The SMILES string of the molecule is CC(C)n1nncc1S(=O)(=O)NC(=NCCS(N)(=O)=O)N1C[C@H](c2ccccc2)C(c2ccc(Cl)cc2)=N1. The highest BCUT2D eigenvalue weighted by atomic mass is 35.5.